The van der Waals surface area contributed by atoms with E-state index in [4.69, 9.17) is 14.6 Å². The SMILES string of the molecule is O=C(O)C[C@@H]1COCCN1C(=O)COCc1ccccc1. The molecule has 0 saturated carbocycles. The third-order valence-electron chi connectivity index (χ3n) is 3.30. The van der Waals surface area contributed by atoms with Gasteiger partial charge in [-0.15, -0.1) is 0 Å². The average molecular weight is 293 g/mol. The number of rotatable bonds is 6. The van der Waals surface area contributed by atoms with Crippen LogP contribution in [0, 0.1) is 0 Å². The van der Waals surface area contributed by atoms with Crippen LogP contribution in [0.1, 0.15) is 12.0 Å². The van der Waals surface area contributed by atoms with Gasteiger partial charge in [0, 0.05) is 6.54 Å². The Morgan fingerprint density at radius 1 is 1.33 bits per heavy atom. The van der Waals surface area contributed by atoms with Crippen molar-refractivity contribution in [3.63, 3.8) is 0 Å². The van der Waals surface area contributed by atoms with Crippen molar-refractivity contribution in [2.75, 3.05) is 26.4 Å². The molecular formula is C15H19NO5. The summed E-state index contributed by atoms with van der Waals surface area (Å²) >= 11 is 0. The van der Waals surface area contributed by atoms with Crippen molar-refractivity contribution in [3.8, 4) is 0 Å². The number of ether oxygens (including phenoxy) is 2. The van der Waals surface area contributed by atoms with Gasteiger partial charge >= 0.3 is 5.97 Å². The van der Waals surface area contributed by atoms with E-state index in [0.29, 0.717) is 19.8 Å². The fourth-order valence-electron chi connectivity index (χ4n) is 2.27. The zero-order chi connectivity index (χ0) is 15.1. The van der Waals surface area contributed by atoms with Crippen LogP contribution in [0.15, 0.2) is 30.3 Å². The normalized spacial score (nSPS) is 18.5. The number of nitrogens with zero attached hydrogens (tertiary/aromatic N) is 1. The molecule has 21 heavy (non-hydrogen) atoms. The highest BCUT2D eigenvalue weighted by molar-refractivity contribution is 5.79. The third-order valence-corrected chi connectivity index (χ3v) is 3.30. The lowest BCUT2D eigenvalue weighted by atomic mass is 10.1. The minimum Gasteiger partial charge on any atom is -0.481 e. The van der Waals surface area contributed by atoms with Crippen molar-refractivity contribution in [1.82, 2.24) is 4.90 Å². The highest BCUT2D eigenvalue weighted by atomic mass is 16.5. The van der Waals surface area contributed by atoms with Gasteiger partial charge in [0.2, 0.25) is 5.91 Å². The first kappa shape index (κ1) is 15.5. The second kappa shape index (κ2) is 7.75. The molecule has 0 spiro atoms. The van der Waals surface area contributed by atoms with Crippen LogP contribution < -0.4 is 0 Å². The zero-order valence-electron chi connectivity index (χ0n) is 11.7. The predicted octanol–water partition coefficient (Wildman–Crippen LogP) is 0.905. The Labute approximate surface area is 123 Å². The Kier molecular flexibility index (Phi) is 5.71. The molecule has 1 fully saturated rings. The van der Waals surface area contributed by atoms with Gasteiger partial charge in [-0.2, -0.15) is 0 Å². The van der Waals surface area contributed by atoms with Crippen LogP contribution in [0.2, 0.25) is 0 Å². The topological polar surface area (TPSA) is 76.1 Å². The summed E-state index contributed by atoms with van der Waals surface area (Å²) in [6, 6.07) is 9.17. The van der Waals surface area contributed by atoms with Gasteiger partial charge in [-0.25, -0.2) is 0 Å². The molecule has 114 valence electrons. The maximum atomic E-state index is 12.1. The minimum absolute atomic E-state index is 0.0506. The molecule has 0 aromatic heterocycles. The molecule has 0 aliphatic carbocycles. The molecule has 6 heteroatoms. The van der Waals surface area contributed by atoms with Crippen molar-refractivity contribution in [2.45, 2.75) is 19.1 Å². The van der Waals surface area contributed by atoms with Gasteiger partial charge in [-0.05, 0) is 5.56 Å². The average Bonchev–Trinajstić information content (AvgIpc) is 2.48. The van der Waals surface area contributed by atoms with Gasteiger partial charge in [-0.3, -0.25) is 9.59 Å². The number of carboxylic acid groups (broad SMARTS) is 1. The largest absolute Gasteiger partial charge is 0.481 e. The van der Waals surface area contributed by atoms with Crippen molar-refractivity contribution >= 4 is 11.9 Å². The quantitative estimate of drug-likeness (QED) is 0.843. The Hall–Kier alpha value is -1.92. The standard InChI is InChI=1S/C15H19NO5/c17-14(11-21-9-12-4-2-1-3-5-12)16-6-7-20-10-13(16)8-15(18)19/h1-5,13H,6-11H2,(H,18,19)/t13-/m1/s1. The number of carbonyl (C=O) groups excluding carboxylic acids is 1. The van der Waals surface area contributed by atoms with Crippen LogP contribution in [-0.2, 0) is 25.7 Å². The van der Waals surface area contributed by atoms with E-state index in [-0.39, 0.29) is 25.5 Å². The summed E-state index contributed by atoms with van der Waals surface area (Å²) in [5.41, 5.74) is 0.995. The molecule has 0 bridgehead atoms. The van der Waals surface area contributed by atoms with E-state index in [1.165, 1.54) is 0 Å². The predicted molar refractivity (Wildman–Crippen MR) is 74.7 cm³/mol. The summed E-state index contributed by atoms with van der Waals surface area (Å²) < 4.78 is 10.6. The molecular weight excluding hydrogens is 274 g/mol. The highest BCUT2D eigenvalue weighted by Crippen LogP contribution is 2.11. The summed E-state index contributed by atoms with van der Waals surface area (Å²) in [5.74, 6) is -1.13. The van der Waals surface area contributed by atoms with Gasteiger partial charge in [0.15, 0.2) is 0 Å². The van der Waals surface area contributed by atoms with Crippen LogP contribution in [-0.4, -0.2) is 54.3 Å². The van der Waals surface area contributed by atoms with Crippen molar-refractivity contribution in [1.29, 1.82) is 0 Å². The lowest BCUT2D eigenvalue weighted by Gasteiger charge is -2.34. The van der Waals surface area contributed by atoms with Crippen LogP contribution in [0.5, 0.6) is 0 Å². The molecule has 1 atom stereocenters. The van der Waals surface area contributed by atoms with Crippen molar-refractivity contribution in [3.05, 3.63) is 35.9 Å². The molecule has 1 N–H and O–H groups in total. The summed E-state index contributed by atoms with van der Waals surface area (Å²) in [6.45, 7) is 1.41. The van der Waals surface area contributed by atoms with E-state index in [2.05, 4.69) is 0 Å². The Balaban J connectivity index is 1.81. The number of carbonyl (C=O) groups is 2. The number of hydrogen-bond acceptors (Lipinski definition) is 4. The molecule has 1 aliphatic rings. The first-order valence-corrected chi connectivity index (χ1v) is 6.87. The van der Waals surface area contributed by atoms with Gasteiger partial charge in [0.1, 0.15) is 6.61 Å². The fraction of sp³-hybridized carbons (Fsp3) is 0.467. The van der Waals surface area contributed by atoms with Crippen LogP contribution in [0.3, 0.4) is 0 Å². The summed E-state index contributed by atoms with van der Waals surface area (Å²) in [4.78, 5) is 24.5. The van der Waals surface area contributed by atoms with Gasteiger partial charge < -0.3 is 19.5 Å². The Bertz CT molecular complexity index is 476. The summed E-state index contributed by atoms with van der Waals surface area (Å²) in [5, 5.41) is 8.87. The molecule has 0 radical (unpaired) electrons. The van der Waals surface area contributed by atoms with Gasteiger partial charge in [-0.1, -0.05) is 30.3 Å². The van der Waals surface area contributed by atoms with E-state index < -0.39 is 12.0 Å². The number of carboxylic acids is 1. The van der Waals surface area contributed by atoms with E-state index in [1.54, 1.807) is 4.90 Å². The van der Waals surface area contributed by atoms with Gasteiger partial charge in [0.05, 0.1) is 32.3 Å². The fourth-order valence-corrected chi connectivity index (χ4v) is 2.27. The monoisotopic (exact) mass is 293 g/mol. The number of morpholine rings is 1. The summed E-state index contributed by atoms with van der Waals surface area (Å²) in [7, 11) is 0. The minimum atomic E-state index is -0.937. The lowest BCUT2D eigenvalue weighted by Crippen LogP contribution is -2.50. The second-order valence-corrected chi connectivity index (χ2v) is 4.89. The number of benzene rings is 1. The second-order valence-electron chi connectivity index (χ2n) is 4.89. The maximum Gasteiger partial charge on any atom is 0.305 e. The number of amides is 1. The van der Waals surface area contributed by atoms with Crippen LogP contribution in [0.4, 0.5) is 0 Å². The summed E-state index contributed by atoms with van der Waals surface area (Å²) in [6.07, 6.45) is -0.107. The molecule has 1 heterocycles. The van der Waals surface area contributed by atoms with E-state index in [1.807, 2.05) is 30.3 Å². The van der Waals surface area contributed by atoms with Crippen LogP contribution >= 0.6 is 0 Å². The Morgan fingerprint density at radius 3 is 2.81 bits per heavy atom. The molecule has 0 unspecified atom stereocenters. The maximum absolute atomic E-state index is 12.1. The molecule has 1 saturated heterocycles. The smallest absolute Gasteiger partial charge is 0.305 e. The first-order valence-electron chi connectivity index (χ1n) is 6.87. The van der Waals surface area contributed by atoms with Crippen molar-refractivity contribution in [2.24, 2.45) is 0 Å². The highest BCUT2D eigenvalue weighted by Gasteiger charge is 2.28. The molecule has 1 aromatic rings. The molecule has 2 rings (SSSR count). The molecule has 1 aromatic carbocycles. The lowest BCUT2D eigenvalue weighted by molar-refractivity contribution is -0.149. The van der Waals surface area contributed by atoms with E-state index >= 15 is 0 Å². The van der Waals surface area contributed by atoms with Gasteiger partial charge in [0.25, 0.3) is 0 Å². The number of aliphatic carboxylic acids is 1. The van der Waals surface area contributed by atoms with E-state index in [0.717, 1.165) is 5.56 Å². The third kappa shape index (κ3) is 4.84. The molecule has 1 aliphatic heterocycles. The molecule has 1 amide bonds. The molecule has 6 nitrogen and oxygen atoms in total. The van der Waals surface area contributed by atoms with Crippen LogP contribution in [0.25, 0.3) is 0 Å². The van der Waals surface area contributed by atoms with E-state index in [9.17, 15) is 9.59 Å². The zero-order valence-corrected chi connectivity index (χ0v) is 11.7. The first-order chi connectivity index (χ1) is 10.2. The Morgan fingerprint density at radius 2 is 2.10 bits per heavy atom. The van der Waals surface area contributed by atoms with Crippen molar-refractivity contribution < 1.29 is 24.2 Å². The number of hydrogen-bond donors (Lipinski definition) is 1.